The molecule has 2 atom stereocenters. The number of benzene rings is 3. The monoisotopic (exact) mass is 457 g/mol. The topological polar surface area (TPSA) is 64.6 Å². The largest absolute Gasteiger partial charge is 0.461 e. The standard InChI is InChI=1S/C24H25ClNO4P/c25-31(28,30-22-17-9-13-18-10-7-8-16-21(18)22)26-23(19-11-3-1-4-12-19)24(27)29-20-14-5-2-6-15-20/h1,3-4,7-13,16-17,20,23H,2,5-6,14-15H2,(H,26,28). The maximum absolute atomic E-state index is 13.2. The van der Waals surface area contributed by atoms with Gasteiger partial charge in [0.05, 0.1) is 0 Å². The number of carbonyl (C=O) groups excluding carboxylic acids is 1. The number of hydrogen-bond acceptors (Lipinski definition) is 4. The summed E-state index contributed by atoms with van der Waals surface area (Å²) in [7, 11) is 0. The van der Waals surface area contributed by atoms with Gasteiger partial charge in [-0.15, -0.1) is 0 Å². The SMILES string of the molecule is O=C(OC1CCCCC1)C(NP(=O)(Cl)Oc1cccc2ccccc12)c1ccccc1. The lowest BCUT2D eigenvalue weighted by Gasteiger charge is -2.26. The van der Waals surface area contributed by atoms with E-state index in [9.17, 15) is 9.36 Å². The van der Waals surface area contributed by atoms with E-state index in [1.165, 1.54) is 0 Å². The molecular formula is C24H25ClNO4P. The van der Waals surface area contributed by atoms with Crippen molar-refractivity contribution in [1.82, 2.24) is 5.09 Å². The van der Waals surface area contributed by atoms with Crippen molar-refractivity contribution in [2.24, 2.45) is 0 Å². The number of fused-ring (bicyclic) bond motifs is 1. The maximum atomic E-state index is 13.2. The number of ether oxygens (including phenoxy) is 1. The van der Waals surface area contributed by atoms with E-state index >= 15 is 0 Å². The van der Waals surface area contributed by atoms with Crippen LogP contribution in [-0.2, 0) is 14.1 Å². The molecule has 2 unspecified atom stereocenters. The van der Waals surface area contributed by atoms with Gasteiger partial charge in [-0.3, -0.25) is 0 Å². The van der Waals surface area contributed by atoms with Crippen molar-refractivity contribution in [3.8, 4) is 5.75 Å². The molecule has 1 aliphatic rings. The van der Waals surface area contributed by atoms with Crippen LogP contribution in [0.3, 0.4) is 0 Å². The number of nitrogens with one attached hydrogen (secondary N) is 1. The van der Waals surface area contributed by atoms with Crippen molar-refractivity contribution >= 4 is 34.9 Å². The summed E-state index contributed by atoms with van der Waals surface area (Å²) in [4.78, 5) is 13.0. The molecule has 0 spiro atoms. The average molecular weight is 458 g/mol. The Balaban J connectivity index is 1.56. The van der Waals surface area contributed by atoms with Crippen molar-refractivity contribution in [2.45, 2.75) is 44.2 Å². The van der Waals surface area contributed by atoms with Crippen LogP contribution >= 0.6 is 18.1 Å². The van der Waals surface area contributed by atoms with Crippen LogP contribution in [0.5, 0.6) is 5.75 Å². The van der Waals surface area contributed by atoms with Gasteiger partial charge >= 0.3 is 12.8 Å². The van der Waals surface area contributed by atoms with Gasteiger partial charge in [0.1, 0.15) is 17.9 Å². The summed E-state index contributed by atoms with van der Waals surface area (Å²) >= 11 is 6.32. The summed E-state index contributed by atoms with van der Waals surface area (Å²) in [5, 5.41) is 4.46. The van der Waals surface area contributed by atoms with E-state index in [1.807, 2.05) is 48.5 Å². The highest BCUT2D eigenvalue weighted by Crippen LogP contribution is 2.51. The highest BCUT2D eigenvalue weighted by atomic mass is 35.7. The first kappa shape index (κ1) is 21.9. The first-order valence-electron chi connectivity index (χ1n) is 10.5. The summed E-state index contributed by atoms with van der Waals surface area (Å²) in [5.74, 6) is -0.114. The van der Waals surface area contributed by atoms with Crippen molar-refractivity contribution in [2.75, 3.05) is 0 Å². The molecule has 1 aliphatic carbocycles. The van der Waals surface area contributed by atoms with E-state index in [1.54, 1.807) is 24.3 Å². The molecule has 0 heterocycles. The highest BCUT2D eigenvalue weighted by molar-refractivity contribution is 7.84. The molecule has 1 saturated carbocycles. The molecule has 7 heteroatoms. The summed E-state index contributed by atoms with van der Waals surface area (Å²) in [5.41, 5.74) is 0.616. The van der Waals surface area contributed by atoms with Gasteiger partial charge in [-0.1, -0.05) is 73.2 Å². The molecule has 1 N–H and O–H groups in total. The quantitative estimate of drug-likeness (QED) is 0.313. The van der Waals surface area contributed by atoms with Crippen molar-refractivity contribution in [1.29, 1.82) is 0 Å². The maximum Gasteiger partial charge on any atom is 0.410 e. The first-order chi connectivity index (χ1) is 15.0. The zero-order valence-corrected chi connectivity index (χ0v) is 18.7. The van der Waals surface area contributed by atoms with Gasteiger partial charge in [0, 0.05) is 16.6 Å². The molecule has 5 nitrogen and oxygen atoms in total. The van der Waals surface area contributed by atoms with E-state index in [0.717, 1.165) is 42.9 Å². The Morgan fingerprint density at radius 3 is 2.39 bits per heavy atom. The van der Waals surface area contributed by atoms with Crippen molar-refractivity contribution in [3.63, 3.8) is 0 Å². The number of rotatable bonds is 7. The molecule has 0 bridgehead atoms. The lowest BCUT2D eigenvalue weighted by molar-refractivity contribution is -0.152. The number of carbonyl (C=O) groups is 1. The summed E-state index contributed by atoms with van der Waals surface area (Å²) < 4.78 is 24.7. The molecule has 31 heavy (non-hydrogen) atoms. The molecule has 0 aromatic heterocycles. The molecule has 4 rings (SSSR count). The van der Waals surface area contributed by atoms with Gasteiger partial charge < -0.3 is 9.26 Å². The lowest BCUT2D eigenvalue weighted by Crippen LogP contribution is -2.32. The lowest BCUT2D eigenvalue weighted by atomic mass is 9.97. The zero-order valence-electron chi connectivity index (χ0n) is 17.1. The Morgan fingerprint density at radius 1 is 0.935 bits per heavy atom. The molecule has 3 aromatic rings. The van der Waals surface area contributed by atoms with Gasteiger partial charge in [-0.2, -0.15) is 0 Å². The van der Waals surface area contributed by atoms with Crippen LogP contribution in [0, 0.1) is 0 Å². The summed E-state index contributed by atoms with van der Waals surface area (Å²) in [6.45, 7) is -3.93. The first-order valence-corrected chi connectivity index (χ1v) is 13.1. The third-order valence-electron chi connectivity index (χ3n) is 5.45. The fourth-order valence-corrected chi connectivity index (χ4v) is 5.45. The highest BCUT2D eigenvalue weighted by Gasteiger charge is 2.34. The second kappa shape index (κ2) is 9.86. The van der Waals surface area contributed by atoms with E-state index in [4.69, 9.17) is 20.5 Å². The van der Waals surface area contributed by atoms with E-state index in [0.29, 0.717) is 11.3 Å². The number of hydrogen-bond donors (Lipinski definition) is 1. The minimum absolute atomic E-state index is 0.122. The van der Waals surface area contributed by atoms with E-state index < -0.39 is 18.9 Å². The Bertz CT molecular complexity index is 1080. The van der Waals surface area contributed by atoms with Crippen LogP contribution in [-0.4, -0.2) is 12.1 Å². The Labute approximate surface area is 187 Å². The second-order valence-corrected chi connectivity index (χ2v) is 10.5. The van der Waals surface area contributed by atoms with E-state index in [-0.39, 0.29) is 6.10 Å². The Kier molecular flexibility index (Phi) is 6.96. The fraction of sp³-hybridized carbons (Fsp3) is 0.292. The van der Waals surface area contributed by atoms with Crippen LogP contribution in [0.25, 0.3) is 10.8 Å². The van der Waals surface area contributed by atoms with Crippen molar-refractivity contribution in [3.05, 3.63) is 78.4 Å². The Morgan fingerprint density at radius 2 is 1.61 bits per heavy atom. The van der Waals surface area contributed by atoms with Gasteiger partial charge in [0.25, 0.3) is 0 Å². The van der Waals surface area contributed by atoms with Crippen LogP contribution in [0.1, 0.15) is 43.7 Å². The summed E-state index contributed by atoms with van der Waals surface area (Å²) in [6.07, 6.45) is 4.81. The Hall–Kier alpha value is -2.33. The van der Waals surface area contributed by atoms with Gasteiger partial charge in [-0.25, -0.2) is 14.4 Å². The van der Waals surface area contributed by atoms with Gasteiger partial charge in [0.2, 0.25) is 0 Å². The van der Waals surface area contributed by atoms with Crippen LogP contribution in [0.4, 0.5) is 0 Å². The molecular weight excluding hydrogens is 433 g/mol. The van der Waals surface area contributed by atoms with Crippen LogP contribution in [0.2, 0.25) is 0 Å². The predicted octanol–water partition coefficient (Wildman–Crippen LogP) is 6.77. The smallest absolute Gasteiger partial charge is 0.410 e. The zero-order chi connectivity index (χ0) is 21.7. The number of halogens is 1. The van der Waals surface area contributed by atoms with Gasteiger partial charge in [0.15, 0.2) is 0 Å². The minimum Gasteiger partial charge on any atom is -0.461 e. The second-order valence-electron chi connectivity index (χ2n) is 7.72. The predicted molar refractivity (Wildman–Crippen MR) is 123 cm³/mol. The normalized spacial score (nSPS) is 17.6. The third-order valence-corrected chi connectivity index (χ3v) is 6.95. The molecule has 0 saturated heterocycles. The third kappa shape index (κ3) is 5.68. The summed E-state index contributed by atoms with van der Waals surface area (Å²) in [6, 6.07) is 21.0. The molecule has 0 radical (unpaired) electrons. The van der Waals surface area contributed by atoms with E-state index in [2.05, 4.69) is 5.09 Å². The molecule has 3 aromatic carbocycles. The minimum atomic E-state index is -3.93. The molecule has 0 aliphatic heterocycles. The molecule has 0 amide bonds. The van der Waals surface area contributed by atoms with Crippen LogP contribution < -0.4 is 9.61 Å². The molecule has 1 fully saturated rings. The van der Waals surface area contributed by atoms with Gasteiger partial charge in [-0.05, 0) is 42.7 Å². The average Bonchev–Trinajstić information content (AvgIpc) is 2.79. The fourth-order valence-electron chi connectivity index (χ4n) is 3.91. The van der Waals surface area contributed by atoms with Crippen LogP contribution in [0.15, 0.2) is 72.8 Å². The molecule has 162 valence electrons. The number of esters is 1. The van der Waals surface area contributed by atoms with Crippen molar-refractivity contribution < 1.29 is 18.6 Å².